The molecule has 0 saturated carbocycles. The number of halogens is 2. The van der Waals surface area contributed by atoms with Crippen LogP contribution in [-0.2, 0) is 12.8 Å². The van der Waals surface area contributed by atoms with Crippen molar-refractivity contribution in [3.8, 4) is 66.8 Å². The molecule has 0 heterocycles. The van der Waals surface area contributed by atoms with Crippen molar-refractivity contribution in [3.63, 3.8) is 0 Å². The first-order valence-corrected chi connectivity index (χ1v) is 26.4. The molecule has 0 aromatic heterocycles. The first-order chi connectivity index (χ1) is 34.4. The van der Waals surface area contributed by atoms with Gasteiger partial charge >= 0.3 is 0 Å². The van der Waals surface area contributed by atoms with Gasteiger partial charge in [-0.3, -0.25) is 0 Å². The topological polar surface area (TPSA) is 0 Å². The van der Waals surface area contributed by atoms with Crippen molar-refractivity contribution in [2.75, 3.05) is 0 Å². The standard InChI is InChI=1S/C68H68F2/c1-3-5-7-9-11-13-17-23-49-29-33-53(34-30-49)63-47-68(66-44-56-38-40-60(70)42-58(56)46-62(66)52-27-21-16-22-28-52)64(54-35-31-50(32-36-54)24-18-14-12-10-8-6-4-2)48-67(63)65-43-55-37-39-59(69)41-57(55)45-61(65)51-25-19-15-20-26-51/h15-16,19-22,25-48H,3-14,17-18,23-24H2,1-2H3. The van der Waals surface area contributed by atoms with Crippen molar-refractivity contribution in [2.24, 2.45) is 0 Å². The van der Waals surface area contributed by atoms with Gasteiger partial charge in [0.15, 0.2) is 0 Å². The van der Waals surface area contributed by atoms with Gasteiger partial charge in [-0.25, -0.2) is 8.78 Å². The summed E-state index contributed by atoms with van der Waals surface area (Å²) in [5, 5.41) is 3.71. The molecule has 0 spiro atoms. The first kappa shape index (κ1) is 48.4. The summed E-state index contributed by atoms with van der Waals surface area (Å²) in [6.07, 6.45) is 20.2. The van der Waals surface area contributed by atoms with Crippen LogP contribution in [0.25, 0.3) is 88.3 Å². The fourth-order valence-corrected chi connectivity index (χ4v) is 10.5. The second-order valence-electron chi connectivity index (χ2n) is 19.6. The van der Waals surface area contributed by atoms with Crippen LogP contribution in [0.15, 0.2) is 182 Å². The van der Waals surface area contributed by atoms with Gasteiger partial charge in [-0.05, 0) is 186 Å². The molecule has 9 rings (SSSR count). The number of unbranched alkanes of at least 4 members (excludes halogenated alkanes) is 12. The average molecular weight is 923 g/mol. The smallest absolute Gasteiger partial charge is 0.123 e. The van der Waals surface area contributed by atoms with Gasteiger partial charge in [-0.2, -0.15) is 0 Å². The van der Waals surface area contributed by atoms with Crippen molar-refractivity contribution >= 4 is 21.5 Å². The molecule has 0 nitrogen and oxygen atoms in total. The number of fused-ring (bicyclic) bond motifs is 2. The Labute approximate surface area is 416 Å². The molecule has 0 aliphatic heterocycles. The van der Waals surface area contributed by atoms with E-state index in [-0.39, 0.29) is 11.6 Å². The van der Waals surface area contributed by atoms with Gasteiger partial charge in [0.25, 0.3) is 0 Å². The first-order valence-electron chi connectivity index (χ1n) is 26.4. The minimum absolute atomic E-state index is 0.245. The van der Waals surface area contributed by atoms with Crippen LogP contribution in [0.2, 0.25) is 0 Å². The molecule has 0 saturated heterocycles. The predicted octanol–water partition coefficient (Wildman–Crippen LogP) is 20.9. The molecule has 0 fully saturated rings. The van der Waals surface area contributed by atoms with Gasteiger partial charge in [-0.1, -0.05) is 212 Å². The van der Waals surface area contributed by atoms with Crippen LogP contribution >= 0.6 is 0 Å². The number of hydrogen-bond donors (Lipinski definition) is 0. The van der Waals surface area contributed by atoms with Crippen LogP contribution in [0, 0.1) is 11.6 Å². The van der Waals surface area contributed by atoms with E-state index in [9.17, 15) is 8.78 Å². The van der Waals surface area contributed by atoms with Crippen LogP contribution in [0.5, 0.6) is 0 Å². The van der Waals surface area contributed by atoms with Crippen molar-refractivity contribution in [1.82, 2.24) is 0 Å². The third-order valence-corrected chi connectivity index (χ3v) is 14.5. The predicted molar refractivity (Wildman–Crippen MR) is 297 cm³/mol. The van der Waals surface area contributed by atoms with Crippen LogP contribution in [0.1, 0.15) is 115 Å². The summed E-state index contributed by atoms with van der Waals surface area (Å²) < 4.78 is 29.9. The van der Waals surface area contributed by atoms with Crippen molar-refractivity contribution in [1.29, 1.82) is 0 Å². The molecule has 0 unspecified atom stereocenters. The Hall–Kier alpha value is -6.64. The van der Waals surface area contributed by atoms with E-state index in [0.717, 1.165) is 101 Å². The lowest BCUT2D eigenvalue weighted by Crippen LogP contribution is -1.97. The molecule has 0 N–H and O–H groups in total. The average Bonchev–Trinajstić information content (AvgIpc) is 3.40. The fourth-order valence-electron chi connectivity index (χ4n) is 10.5. The lowest BCUT2D eigenvalue weighted by atomic mass is 9.81. The fraction of sp³-hybridized carbons (Fsp3) is 0.265. The van der Waals surface area contributed by atoms with Gasteiger partial charge in [0.05, 0.1) is 0 Å². The van der Waals surface area contributed by atoms with E-state index in [4.69, 9.17) is 0 Å². The third-order valence-electron chi connectivity index (χ3n) is 14.5. The van der Waals surface area contributed by atoms with Crippen LogP contribution < -0.4 is 0 Å². The monoisotopic (exact) mass is 923 g/mol. The number of aryl methyl sites for hydroxylation is 2. The number of rotatable bonds is 22. The Morgan fingerprint density at radius 2 is 0.571 bits per heavy atom. The molecule has 0 radical (unpaired) electrons. The SMILES string of the molecule is CCCCCCCCCc1ccc(-c2cc(-c3cc4ccc(F)cc4cc3-c3ccccc3)c(-c3ccc(CCCCCCCCC)cc3)cc2-c2cc3ccc(F)cc3cc2-c2ccccc2)cc1. The summed E-state index contributed by atoms with van der Waals surface area (Å²) in [6.45, 7) is 4.55. The minimum Gasteiger partial charge on any atom is -0.207 e. The maximum absolute atomic E-state index is 14.9. The molecule has 0 atom stereocenters. The van der Waals surface area contributed by atoms with E-state index in [1.165, 1.54) is 101 Å². The second-order valence-corrected chi connectivity index (χ2v) is 19.6. The van der Waals surface area contributed by atoms with E-state index in [2.05, 4.69) is 159 Å². The molecule has 354 valence electrons. The zero-order chi connectivity index (χ0) is 48.1. The molecule has 9 aromatic carbocycles. The summed E-state index contributed by atoms with van der Waals surface area (Å²) in [5.41, 5.74) is 15.9. The molecule has 0 amide bonds. The minimum atomic E-state index is -0.245. The van der Waals surface area contributed by atoms with E-state index in [1.54, 1.807) is 24.3 Å². The second kappa shape index (κ2) is 23.8. The molecule has 0 aliphatic carbocycles. The highest BCUT2D eigenvalue weighted by Crippen LogP contribution is 2.48. The van der Waals surface area contributed by atoms with E-state index < -0.39 is 0 Å². The third kappa shape index (κ3) is 11.8. The molecule has 70 heavy (non-hydrogen) atoms. The molecular formula is C68H68F2. The Bertz CT molecular complexity index is 2900. The lowest BCUT2D eigenvalue weighted by Gasteiger charge is -2.23. The highest BCUT2D eigenvalue weighted by Gasteiger charge is 2.22. The van der Waals surface area contributed by atoms with Gasteiger partial charge in [0.1, 0.15) is 11.6 Å². The Morgan fingerprint density at radius 3 is 0.957 bits per heavy atom. The summed E-state index contributed by atoms with van der Waals surface area (Å²) in [5.74, 6) is -0.489. The highest BCUT2D eigenvalue weighted by molar-refractivity contribution is 6.05. The highest BCUT2D eigenvalue weighted by atomic mass is 19.1. The van der Waals surface area contributed by atoms with Gasteiger partial charge in [0.2, 0.25) is 0 Å². The van der Waals surface area contributed by atoms with Crippen LogP contribution in [0.4, 0.5) is 8.78 Å². The lowest BCUT2D eigenvalue weighted by molar-refractivity contribution is 0.589. The molecule has 2 heteroatoms. The van der Waals surface area contributed by atoms with Gasteiger partial charge in [0, 0.05) is 0 Å². The van der Waals surface area contributed by atoms with Crippen LogP contribution in [0.3, 0.4) is 0 Å². The quantitative estimate of drug-likeness (QED) is 0.0594. The zero-order valence-corrected chi connectivity index (χ0v) is 41.4. The van der Waals surface area contributed by atoms with E-state index in [0.29, 0.717) is 0 Å². The van der Waals surface area contributed by atoms with Crippen molar-refractivity contribution < 1.29 is 8.78 Å². The van der Waals surface area contributed by atoms with E-state index in [1.807, 2.05) is 12.1 Å². The maximum atomic E-state index is 14.9. The summed E-state index contributed by atoms with van der Waals surface area (Å²) in [6, 6.07) is 63.6. The molecule has 9 aromatic rings. The molecule has 0 aliphatic rings. The Balaban J connectivity index is 1.24. The van der Waals surface area contributed by atoms with Crippen LogP contribution in [-0.4, -0.2) is 0 Å². The van der Waals surface area contributed by atoms with Crippen molar-refractivity contribution in [2.45, 2.75) is 117 Å². The largest absolute Gasteiger partial charge is 0.207 e. The number of benzene rings is 9. The Morgan fingerprint density at radius 1 is 0.257 bits per heavy atom. The normalized spacial score (nSPS) is 11.5. The summed E-state index contributed by atoms with van der Waals surface area (Å²) >= 11 is 0. The summed E-state index contributed by atoms with van der Waals surface area (Å²) in [4.78, 5) is 0. The summed E-state index contributed by atoms with van der Waals surface area (Å²) in [7, 11) is 0. The zero-order valence-electron chi connectivity index (χ0n) is 41.4. The Kier molecular flexibility index (Phi) is 16.4. The van der Waals surface area contributed by atoms with E-state index >= 15 is 0 Å². The maximum Gasteiger partial charge on any atom is 0.123 e. The van der Waals surface area contributed by atoms with Gasteiger partial charge < -0.3 is 0 Å². The molecular weight excluding hydrogens is 855 g/mol. The van der Waals surface area contributed by atoms with Crippen molar-refractivity contribution in [3.05, 3.63) is 205 Å². The number of hydrogen-bond acceptors (Lipinski definition) is 0. The molecule has 0 bridgehead atoms. The van der Waals surface area contributed by atoms with Gasteiger partial charge in [-0.15, -0.1) is 0 Å².